The van der Waals surface area contributed by atoms with E-state index in [1.807, 2.05) is 27.2 Å². The molecule has 0 aromatic carbocycles. The Morgan fingerprint density at radius 3 is 1.09 bits per heavy atom. The third kappa shape index (κ3) is 58.1. The number of allylic oxidation sites excluding steroid dienone is 7. The molecule has 74 heavy (non-hydrogen) atoms. The zero-order valence-corrected chi connectivity index (χ0v) is 50.7. The summed E-state index contributed by atoms with van der Waals surface area (Å²) >= 11 is 0. The summed E-state index contributed by atoms with van der Waals surface area (Å²) < 4.78 is 23.4. The molecule has 0 aromatic rings. The monoisotopic (exact) mass is 1060 g/mol. The number of likely N-dealkylation sites (N-methyl/N-ethyl adjacent to an activating group) is 1. The Morgan fingerprint density at radius 1 is 0.459 bits per heavy atom. The average molecular weight is 1060 g/mol. The molecule has 0 aliphatic heterocycles. The van der Waals surface area contributed by atoms with Crippen molar-refractivity contribution >= 4 is 13.7 Å². The molecule has 0 saturated carbocycles. The molecule has 0 saturated heterocycles. The number of nitrogens with one attached hydrogen (secondary N) is 1. The minimum Gasteiger partial charge on any atom is -0.756 e. The lowest BCUT2D eigenvalue weighted by atomic mass is 10.0. The summed E-state index contributed by atoms with van der Waals surface area (Å²) in [6.45, 7) is 4.66. The molecule has 0 fully saturated rings. The highest BCUT2D eigenvalue weighted by atomic mass is 31.2. The quantitative estimate of drug-likeness (QED) is 0.0272. The molecule has 0 heterocycles. The van der Waals surface area contributed by atoms with E-state index in [0.717, 1.165) is 44.9 Å². The van der Waals surface area contributed by atoms with Crippen LogP contribution in [0.15, 0.2) is 48.6 Å². The summed E-state index contributed by atoms with van der Waals surface area (Å²) in [5, 5.41) is 13.9. The molecule has 0 spiro atoms. The number of aliphatic hydroxyl groups is 1. The molecule has 436 valence electrons. The number of phosphoric acid groups is 1. The van der Waals surface area contributed by atoms with Gasteiger partial charge in [0.25, 0.3) is 7.82 Å². The number of carbonyl (C=O) groups is 1. The highest BCUT2D eigenvalue weighted by molar-refractivity contribution is 7.45. The summed E-state index contributed by atoms with van der Waals surface area (Å²) in [5.74, 6) is -0.209. The summed E-state index contributed by atoms with van der Waals surface area (Å²) in [4.78, 5) is 25.5. The van der Waals surface area contributed by atoms with Crippen LogP contribution in [-0.2, 0) is 18.4 Å². The van der Waals surface area contributed by atoms with E-state index < -0.39 is 26.6 Å². The number of unbranched alkanes of at least 4 members (excludes halogenated alkanes) is 40. The van der Waals surface area contributed by atoms with Crippen molar-refractivity contribution in [3.8, 4) is 0 Å². The summed E-state index contributed by atoms with van der Waals surface area (Å²) in [5.41, 5.74) is 0. The molecule has 0 rings (SSSR count). The van der Waals surface area contributed by atoms with Gasteiger partial charge in [-0.05, 0) is 70.6 Å². The third-order valence-corrected chi connectivity index (χ3v) is 15.5. The Hall–Kier alpha value is -1.54. The average Bonchev–Trinajstić information content (AvgIpc) is 3.36. The Bertz CT molecular complexity index is 1340. The smallest absolute Gasteiger partial charge is 0.268 e. The zero-order valence-electron chi connectivity index (χ0n) is 49.8. The molecular weight excluding hydrogens is 936 g/mol. The van der Waals surface area contributed by atoms with Crippen molar-refractivity contribution in [1.82, 2.24) is 5.32 Å². The predicted molar refractivity (Wildman–Crippen MR) is 321 cm³/mol. The van der Waals surface area contributed by atoms with Crippen LogP contribution in [0.5, 0.6) is 0 Å². The number of amides is 1. The van der Waals surface area contributed by atoms with E-state index >= 15 is 0 Å². The number of nitrogens with zero attached hydrogens (tertiary/aromatic N) is 1. The Morgan fingerprint density at radius 2 is 0.757 bits per heavy atom. The van der Waals surface area contributed by atoms with Crippen LogP contribution in [-0.4, -0.2) is 68.5 Å². The van der Waals surface area contributed by atoms with Crippen LogP contribution in [0.25, 0.3) is 0 Å². The van der Waals surface area contributed by atoms with E-state index in [1.165, 1.54) is 244 Å². The molecule has 8 nitrogen and oxygen atoms in total. The van der Waals surface area contributed by atoms with Crippen LogP contribution in [0.1, 0.15) is 309 Å². The van der Waals surface area contributed by atoms with Crippen molar-refractivity contribution in [2.24, 2.45) is 0 Å². The van der Waals surface area contributed by atoms with Crippen LogP contribution < -0.4 is 10.2 Å². The first-order chi connectivity index (χ1) is 36.0. The maximum absolute atomic E-state index is 13.0. The molecule has 0 radical (unpaired) electrons. The first kappa shape index (κ1) is 72.5. The van der Waals surface area contributed by atoms with E-state index in [2.05, 4.69) is 55.6 Å². The van der Waals surface area contributed by atoms with E-state index in [9.17, 15) is 19.4 Å². The number of rotatable bonds is 59. The second-order valence-electron chi connectivity index (χ2n) is 23.1. The van der Waals surface area contributed by atoms with E-state index in [0.29, 0.717) is 17.4 Å². The van der Waals surface area contributed by atoms with Gasteiger partial charge in [0.05, 0.1) is 39.9 Å². The second kappa shape index (κ2) is 56.2. The van der Waals surface area contributed by atoms with Gasteiger partial charge in [-0.2, -0.15) is 0 Å². The van der Waals surface area contributed by atoms with Gasteiger partial charge in [-0.3, -0.25) is 9.36 Å². The molecular formula is C65H125N2O6P. The molecule has 0 aromatic heterocycles. The van der Waals surface area contributed by atoms with Gasteiger partial charge >= 0.3 is 0 Å². The molecule has 0 aliphatic carbocycles. The van der Waals surface area contributed by atoms with Gasteiger partial charge in [0, 0.05) is 6.42 Å². The number of carbonyl (C=O) groups excluding carboxylic acids is 1. The predicted octanol–water partition coefficient (Wildman–Crippen LogP) is 19.2. The lowest BCUT2D eigenvalue weighted by molar-refractivity contribution is -0.870. The van der Waals surface area contributed by atoms with Gasteiger partial charge in [-0.1, -0.05) is 281 Å². The first-order valence-electron chi connectivity index (χ1n) is 32.0. The minimum absolute atomic E-state index is 0.00917. The van der Waals surface area contributed by atoms with Crippen molar-refractivity contribution in [3.05, 3.63) is 48.6 Å². The van der Waals surface area contributed by atoms with Crippen LogP contribution in [0.4, 0.5) is 0 Å². The highest BCUT2D eigenvalue weighted by Gasteiger charge is 2.23. The molecule has 0 aliphatic rings. The Labute approximate surface area is 460 Å². The van der Waals surface area contributed by atoms with Gasteiger partial charge in [0.2, 0.25) is 5.91 Å². The molecule has 3 atom stereocenters. The maximum atomic E-state index is 13.0. The minimum atomic E-state index is -4.61. The first-order valence-corrected chi connectivity index (χ1v) is 33.5. The lowest BCUT2D eigenvalue weighted by Gasteiger charge is -2.29. The van der Waals surface area contributed by atoms with Gasteiger partial charge in [0.15, 0.2) is 0 Å². The van der Waals surface area contributed by atoms with Crippen molar-refractivity contribution in [3.63, 3.8) is 0 Å². The topological polar surface area (TPSA) is 108 Å². The SMILES string of the molecule is CCCCCCCCCC/C=C\CCCCCCCCCCCCCC(=O)NC(COP(=O)([O-])OCC[N+](C)(C)C)C(O)/C=C/CC/C=C/CC/C=C/CCCCCCCCCCCCCCCCCCCCC. The van der Waals surface area contributed by atoms with Crippen molar-refractivity contribution in [1.29, 1.82) is 0 Å². The molecule has 9 heteroatoms. The number of aliphatic hydroxyl groups excluding tert-OH is 1. The molecule has 3 unspecified atom stereocenters. The summed E-state index contributed by atoms with van der Waals surface area (Å²) in [6, 6.07) is -0.912. The fourth-order valence-electron chi connectivity index (χ4n) is 9.48. The van der Waals surface area contributed by atoms with Crippen LogP contribution in [0, 0.1) is 0 Å². The highest BCUT2D eigenvalue weighted by Crippen LogP contribution is 2.38. The number of quaternary nitrogens is 1. The normalized spacial score (nSPS) is 14.1. The van der Waals surface area contributed by atoms with Crippen molar-refractivity contribution in [2.45, 2.75) is 321 Å². The number of phosphoric ester groups is 1. The Kier molecular flexibility index (Phi) is 55.0. The fourth-order valence-corrected chi connectivity index (χ4v) is 10.2. The fraction of sp³-hybridized carbons (Fsp3) is 0.862. The zero-order chi connectivity index (χ0) is 54.2. The van der Waals surface area contributed by atoms with Crippen LogP contribution >= 0.6 is 7.82 Å². The second-order valence-corrected chi connectivity index (χ2v) is 24.5. The summed E-state index contributed by atoms with van der Waals surface area (Å²) in [7, 11) is 1.24. The molecule has 1 amide bonds. The largest absolute Gasteiger partial charge is 0.756 e. The van der Waals surface area contributed by atoms with E-state index in [1.54, 1.807) is 6.08 Å². The number of hydrogen-bond acceptors (Lipinski definition) is 6. The molecule has 2 N–H and O–H groups in total. The van der Waals surface area contributed by atoms with E-state index in [4.69, 9.17) is 9.05 Å². The van der Waals surface area contributed by atoms with Crippen LogP contribution in [0.3, 0.4) is 0 Å². The Balaban J connectivity index is 4.20. The van der Waals surface area contributed by atoms with Crippen molar-refractivity contribution < 1.29 is 32.9 Å². The van der Waals surface area contributed by atoms with Crippen LogP contribution in [0.2, 0.25) is 0 Å². The maximum Gasteiger partial charge on any atom is 0.268 e. The molecule has 0 bridgehead atoms. The summed E-state index contributed by atoms with van der Waals surface area (Å²) in [6.07, 6.45) is 75.0. The van der Waals surface area contributed by atoms with Gasteiger partial charge in [0.1, 0.15) is 13.2 Å². The van der Waals surface area contributed by atoms with E-state index in [-0.39, 0.29) is 12.5 Å². The van der Waals surface area contributed by atoms with Gasteiger partial charge in [-0.15, -0.1) is 0 Å². The van der Waals surface area contributed by atoms with Crippen molar-refractivity contribution in [2.75, 3.05) is 40.9 Å². The standard InChI is InChI=1S/C65H125N2O6P/c1-6-8-10-12-14-16-18-20-22-24-26-28-30-31-32-33-34-35-37-38-40-42-44-46-48-50-52-54-56-58-64(68)63(62-73-74(70,71)72-61-60-67(3,4)5)66-65(69)59-57-55-53-51-49-47-45-43-41-39-36-29-27-25-23-21-19-17-15-13-11-9-7-2/h25,27,40,42,48,50,56,58,63-64,68H,6-24,26,28-39,41,43-47,49,51-55,57,59-62H2,1-5H3,(H-,66,69,70,71)/b27-25-,42-40+,50-48+,58-56+. The van der Waals surface area contributed by atoms with Gasteiger partial charge < -0.3 is 28.8 Å². The number of hydrogen-bond donors (Lipinski definition) is 2. The lowest BCUT2D eigenvalue weighted by Crippen LogP contribution is -2.45. The third-order valence-electron chi connectivity index (χ3n) is 14.5. The van der Waals surface area contributed by atoms with Gasteiger partial charge in [-0.25, -0.2) is 0 Å².